The molecule has 0 bridgehead atoms. The second-order valence-electron chi connectivity index (χ2n) is 3.28. The van der Waals surface area contributed by atoms with E-state index in [0.29, 0.717) is 0 Å². The Morgan fingerprint density at radius 1 is 1.33 bits per heavy atom. The lowest BCUT2D eigenvalue weighted by atomic mass is 10.2. The third-order valence-electron chi connectivity index (χ3n) is 1.74. The van der Waals surface area contributed by atoms with Crippen LogP contribution in [0.5, 0.6) is 0 Å². The summed E-state index contributed by atoms with van der Waals surface area (Å²) in [6.45, 7) is 5.09. The van der Waals surface area contributed by atoms with Gasteiger partial charge in [-0.3, -0.25) is 4.98 Å². The molecular weight excluding hydrogens is 184 g/mol. The molecule has 2 nitrogen and oxygen atoms in total. The smallest absolute Gasteiger partial charge is 0.0340 e. The molecule has 0 spiro atoms. The molecule has 1 rings (SSSR count). The molecule has 0 aliphatic rings. The Labute approximate surface area is 93.6 Å². The van der Waals surface area contributed by atoms with E-state index in [2.05, 4.69) is 42.2 Å². The number of aromatic nitrogens is 1. The molecule has 1 aromatic heterocycles. The number of hydrogen-bond donors (Lipinski definition) is 0. The van der Waals surface area contributed by atoms with Crippen molar-refractivity contribution in [1.29, 1.82) is 0 Å². The molecule has 15 heavy (non-hydrogen) atoms. The molecule has 0 saturated heterocycles. The summed E-state index contributed by atoms with van der Waals surface area (Å²) in [5, 5.41) is 0. The predicted octanol–water partition coefficient (Wildman–Crippen LogP) is 3.07. The maximum Gasteiger partial charge on any atom is 0.0340 e. The van der Waals surface area contributed by atoms with E-state index in [1.807, 2.05) is 26.1 Å². The van der Waals surface area contributed by atoms with Crippen molar-refractivity contribution in [3.63, 3.8) is 0 Å². The van der Waals surface area contributed by atoms with Gasteiger partial charge in [-0.05, 0) is 32.1 Å². The number of rotatable bonds is 4. The summed E-state index contributed by atoms with van der Waals surface area (Å²) in [4.78, 5) is 6.21. The molecular formula is C13H22N2. The standard InChI is InChI=1S/C11H16N2.C2H6/c1-13(2)9-4-3-6-11-7-5-8-12-10-11;1-2/h3,5-8,10H,4,9H2,1-2H3;1-2H3/b6-3+;. The van der Waals surface area contributed by atoms with Crippen LogP contribution >= 0.6 is 0 Å². The van der Waals surface area contributed by atoms with Gasteiger partial charge in [0.1, 0.15) is 0 Å². The summed E-state index contributed by atoms with van der Waals surface area (Å²) in [6, 6.07) is 4.00. The average Bonchev–Trinajstić information content (AvgIpc) is 2.28. The fraction of sp³-hybridized carbons (Fsp3) is 0.462. The van der Waals surface area contributed by atoms with Crippen molar-refractivity contribution < 1.29 is 0 Å². The Balaban J connectivity index is 0.000000921. The van der Waals surface area contributed by atoms with Gasteiger partial charge in [0.15, 0.2) is 0 Å². The molecule has 0 atom stereocenters. The minimum atomic E-state index is 1.09. The average molecular weight is 206 g/mol. The Morgan fingerprint density at radius 2 is 2.07 bits per heavy atom. The van der Waals surface area contributed by atoms with Crippen molar-refractivity contribution in [3.05, 3.63) is 36.2 Å². The molecule has 84 valence electrons. The van der Waals surface area contributed by atoms with E-state index in [4.69, 9.17) is 0 Å². The zero-order valence-electron chi connectivity index (χ0n) is 10.3. The fourth-order valence-electron chi connectivity index (χ4n) is 1.03. The highest BCUT2D eigenvalue weighted by molar-refractivity contribution is 5.47. The summed E-state index contributed by atoms with van der Waals surface area (Å²) in [5.74, 6) is 0. The van der Waals surface area contributed by atoms with Crippen LogP contribution in [0.15, 0.2) is 30.6 Å². The van der Waals surface area contributed by atoms with Crippen molar-refractivity contribution in [2.75, 3.05) is 20.6 Å². The third-order valence-corrected chi connectivity index (χ3v) is 1.74. The molecule has 1 heterocycles. The molecule has 0 N–H and O–H groups in total. The van der Waals surface area contributed by atoms with Crippen LogP contribution in [0, 0.1) is 0 Å². The number of hydrogen-bond acceptors (Lipinski definition) is 2. The Morgan fingerprint density at radius 3 is 2.60 bits per heavy atom. The molecule has 1 aromatic rings. The van der Waals surface area contributed by atoms with Crippen LogP contribution in [-0.2, 0) is 0 Å². The summed E-state index contributed by atoms with van der Waals surface area (Å²) in [6.07, 6.45) is 9.03. The Kier molecular flexibility index (Phi) is 8.69. The van der Waals surface area contributed by atoms with E-state index in [0.717, 1.165) is 13.0 Å². The van der Waals surface area contributed by atoms with Gasteiger partial charge >= 0.3 is 0 Å². The first-order valence-electron chi connectivity index (χ1n) is 5.50. The van der Waals surface area contributed by atoms with E-state index in [1.165, 1.54) is 5.56 Å². The van der Waals surface area contributed by atoms with Crippen LogP contribution in [-0.4, -0.2) is 30.5 Å². The van der Waals surface area contributed by atoms with Gasteiger partial charge in [-0.2, -0.15) is 0 Å². The van der Waals surface area contributed by atoms with Crippen molar-refractivity contribution in [1.82, 2.24) is 9.88 Å². The van der Waals surface area contributed by atoms with E-state index >= 15 is 0 Å². The first-order chi connectivity index (χ1) is 7.29. The van der Waals surface area contributed by atoms with Crippen molar-refractivity contribution in [2.45, 2.75) is 20.3 Å². The van der Waals surface area contributed by atoms with Crippen molar-refractivity contribution in [3.8, 4) is 0 Å². The molecule has 0 radical (unpaired) electrons. The van der Waals surface area contributed by atoms with E-state index < -0.39 is 0 Å². The minimum Gasteiger partial charge on any atom is -0.309 e. The van der Waals surface area contributed by atoms with Gasteiger partial charge in [0.25, 0.3) is 0 Å². The minimum absolute atomic E-state index is 1.09. The zero-order chi connectivity index (χ0) is 11.5. The summed E-state index contributed by atoms with van der Waals surface area (Å²) in [5.41, 5.74) is 1.17. The van der Waals surface area contributed by atoms with Crippen LogP contribution in [0.3, 0.4) is 0 Å². The lowest BCUT2D eigenvalue weighted by molar-refractivity contribution is 0.417. The topological polar surface area (TPSA) is 16.1 Å². The van der Waals surface area contributed by atoms with E-state index in [9.17, 15) is 0 Å². The molecule has 0 saturated carbocycles. The lowest BCUT2D eigenvalue weighted by Crippen LogP contribution is -2.11. The van der Waals surface area contributed by atoms with Gasteiger partial charge < -0.3 is 4.90 Å². The Hall–Kier alpha value is -1.15. The molecule has 0 aliphatic carbocycles. The van der Waals surface area contributed by atoms with E-state index in [1.54, 1.807) is 6.20 Å². The van der Waals surface area contributed by atoms with Crippen molar-refractivity contribution in [2.24, 2.45) is 0 Å². The molecule has 0 fully saturated rings. The molecule has 2 heteroatoms. The third kappa shape index (κ3) is 7.89. The maximum absolute atomic E-state index is 4.04. The van der Waals surface area contributed by atoms with E-state index in [-0.39, 0.29) is 0 Å². The first-order valence-corrected chi connectivity index (χ1v) is 5.50. The van der Waals surface area contributed by atoms with Crippen LogP contribution in [0.25, 0.3) is 6.08 Å². The second kappa shape index (κ2) is 9.41. The second-order valence-corrected chi connectivity index (χ2v) is 3.28. The summed E-state index contributed by atoms with van der Waals surface area (Å²) >= 11 is 0. The van der Waals surface area contributed by atoms with Gasteiger partial charge in [-0.25, -0.2) is 0 Å². The zero-order valence-corrected chi connectivity index (χ0v) is 10.3. The number of nitrogens with zero attached hydrogens (tertiary/aromatic N) is 2. The highest BCUT2D eigenvalue weighted by Crippen LogP contribution is 1.99. The normalized spacial score (nSPS) is 10.2. The molecule has 0 aromatic carbocycles. The van der Waals surface area contributed by atoms with Crippen LogP contribution in [0.2, 0.25) is 0 Å². The van der Waals surface area contributed by atoms with Crippen LogP contribution in [0.1, 0.15) is 25.8 Å². The monoisotopic (exact) mass is 206 g/mol. The van der Waals surface area contributed by atoms with Gasteiger partial charge in [0.2, 0.25) is 0 Å². The van der Waals surface area contributed by atoms with Gasteiger partial charge in [0.05, 0.1) is 0 Å². The summed E-state index contributed by atoms with van der Waals surface area (Å²) in [7, 11) is 4.16. The largest absolute Gasteiger partial charge is 0.309 e. The lowest BCUT2D eigenvalue weighted by Gasteiger charge is -2.05. The maximum atomic E-state index is 4.04. The first kappa shape index (κ1) is 13.8. The van der Waals surface area contributed by atoms with Crippen molar-refractivity contribution >= 4 is 6.08 Å². The SMILES string of the molecule is CC.CN(C)CC/C=C/c1cccnc1. The predicted molar refractivity (Wildman–Crippen MR) is 67.8 cm³/mol. The quantitative estimate of drug-likeness (QED) is 0.752. The van der Waals surface area contributed by atoms with Crippen LogP contribution in [0.4, 0.5) is 0 Å². The number of pyridine rings is 1. The van der Waals surface area contributed by atoms with Crippen LogP contribution < -0.4 is 0 Å². The van der Waals surface area contributed by atoms with Gasteiger partial charge in [0, 0.05) is 18.9 Å². The highest BCUT2D eigenvalue weighted by atomic mass is 15.0. The molecule has 0 aliphatic heterocycles. The molecule has 0 amide bonds. The molecule has 0 unspecified atom stereocenters. The Bertz CT molecular complexity index is 252. The fourth-order valence-corrected chi connectivity index (χ4v) is 1.03. The van der Waals surface area contributed by atoms with Gasteiger partial charge in [-0.15, -0.1) is 0 Å². The summed E-state index contributed by atoms with van der Waals surface area (Å²) < 4.78 is 0. The highest BCUT2D eigenvalue weighted by Gasteiger charge is 1.86. The van der Waals surface area contributed by atoms with Gasteiger partial charge in [-0.1, -0.05) is 32.1 Å².